The molecule has 0 fully saturated rings. The summed E-state index contributed by atoms with van der Waals surface area (Å²) in [5, 5.41) is 2.80. The number of nitrogens with one attached hydrogen (secondary N) is 1. The van der Waals surface area contributed by atoms with Crippen LogP contribution >= 0.6 is 0 Å². The Labute approximate surface area is 131 Å². The Kier molecular flexibility index (Phi) is 5.83. The predicted molar refractivity (Wildman–Crippen MR) is 87.5 cm³/mol. The van der Waals surface area contributed by atoms with Crippen molar-refractivity contribution < 1.29 is 14.3 Å². The zero-order chi connectivity index (χ0) is 15.8. The van der Waals surface area contributed by atoms with Crippen molar-refractivity contribution in [1.29, 1.82) is 0 Å². The monoisotopic (exact) mass is 299 g/mol. The van der Waals surface area contributed by atoms with Crippen LogP contribution in [0.3, 0.4) is 0 Å². The van der Waals surface area contributed by atoms with Crippen molar-refractivity contribution in [1.82, 2.24) is 0 Å². The van der Waals surface area contributed by atoms with E-state index < -0.39 is 0 Å². The van der Waals surface area contributed by atoms with Gasteiger partial charge in [-0.25, -0.2) is 0 Å². The second-order valence-corrected chi connectivity index (χ2v) is 5.03. The highest BCUT2D eigenvalue weighted by molar-refractivity contribution is 5.92. The summed E-state index contributed by atoms with van der Waals surface area (Å²) in [6, 6.07) is 15.0. The molecule has 0 atom stereocenters. The molecule has 0 aromatic heterocycles. The highest BCUT2D eigenvalue weighted by Gasteiger charge is 2.05. The standard InChI is InChI=1S/C18H21NO3/c1-3-10-21-17-9-5-7-15(12-17)19-18(20)13-22-16-8-4-6-14(2)11-16/h4-9,11-12H,3,10,13H2,1-2H3,(H,19,20). The van der Waals surface area contributed by atoms with Gasteiger partial charge in [-0.3, -0.25) is 4.79 Å². The summed E-state index contributed by atoms with van der Waals surface area (Å²) in [7, 11) is 0. The lowest BCUT2D eigenvalue weighted by atomic mass is 10.2. The van der Waals surface area contributed by atoms with Crippen molar-refractivity contribution in [3.63, 3.8) is 0 Å². The molecule has 0 aliphatic carbocycles. The first-order valence-electron chi connectivity index (χ1n) is 7.39. The van der Waals surface area contributed by atoms with Crippen LogP contribution in [-0.4, -0.2) is 19.1 Å². The fourth-order valence-corrected chi connectivity index (χ4v) is 1.93. The molecule has 0 unspecified atom stereocenters. The molecule has 22 heavy (non-hydrogen) atoms. The van der Waals surface area contributed by atoms with E-state index >= 15 is 0 Å². The smallest absolute Gasteiger partial charge is 0.262 e. The molecule has 2 rings (SSSR count). The van der Waals surface area contributed by atoms with E-state index in [0.717, 1.165) is 17.7 Å². The summed E-state index contributed by atoms with van der Waals surface area (Å²) in [6.07, 6.45) is 0.945. The summed E-state index contributed by atoms with van der Waals surface area (Å²) in [5.41, 5.74) is 1.80. The molecule has 0 saturated heterocycles. The minimum absolute atomic E-state index is 0.0243. The molecule has 0 aliphatic heterocycles. The zero-order valence-electron chi connectivity index (χ0n) is 13.0. The van der Waals surface area contributed by atoms with Gasteiger partial charge in [-0.1, -0.05) is 25.1 Å². The Bertz CT molecular complexity index is 625. The first-order valence-corrected chi connectivity index (χ1v) is 7.39. The maximum absolute atomic E-state index is 11.9. The van der Waals surface area contributed by atoms with Crippen molar-refractivity contribution in [2.75, 3.05) is 18.5 Å². The third kappa shape index (κ3) is 5.13. The molecule has 0 spiro atoms. The van der Waals surface area contributed by atoms with Gasteiger partial charge < -0.3 is 14.8 Å². The SMILES string of the molecule is CCCOc1cccc(NC(=O)COc2cccc(C)c2)c1. The molecular weight excluding hydrogens is 278 g/mol. The molecule has 0 radical (unpaired) electrons. The predicted octanol–water partition coefficient (Wildman–Crippen LogP) is 3.80. The number of anilines is 1. The van der Waals surface area contributed by atoms with Crippen LogP contribution in [-0.2, 0) is 4.79 Å². The Balaban J connectivity index is 1.86. The van der Waals surface area contributed by atoms with Gasteiger partial charge in [0, 0.05) is 11.8 Å². The molecule has 0 bridgehead atoms. The second kappa shape index (κ2) is 8.08. The highest BCUT2D eigenvalue weighted by atomic mass is 16.5. The second-order valence-electron chi connectivity index (χ2n) is 5.03. The topological polar surface area (TPSA) is 47.6 Å². The summed E-state index contributed by atoms with van der Waals surface area (Å²) in [6.45, 7) is 4.67. The number of hydrogen-bond donors (Lipinski definition) is 1. The Hall–Kier alpha value is -2.49. The lowest BCUT2D eigenvalue weighted by Crippen LogP contribution is -2.20. The maximum Gasteiger partial charge on any atom is 0.262 e. The van der Waals surface area contributed by atoms with E-state index in [2.05, 4.69) is 5.32 Å². The summed E-state index contributed by atoms with van der Waals surface area (Å²) in [4.78, 5) is 11.9. The van der Waals surface area contributed by atoms with Crippen molar-refractivity contribution in [3.8, 4) is 11.5 Å². The molecule has 2 aromatic rings. The first-order chi connectivity index (χ1) is 10.7. The van der Waals surface area contributed by atoms with Crippen LogP contribution < -0.4 is 14.8 Å². The number of benzene rings is 2. The fraction of sp³-hybridized carbons (Fsp3) is 0.278. The fourth-order valence-electron chi connectivity index (χ4n) is 1.93. The lowest BCUT2D eigenvalue weighted by molar-refractivity contribution is -0.118. The normalized spacial score (nSPS) is 10.1. The number of carbonyl (C=O) groups is 1. The average Bonchev–Trinajstić information content (AvgIpc) is 2.51. The van der Waals surface area contributed by atoms with Gasteiger partial charge in [0.2, 0.25) is 0 Å². The van der Waals surface area contributed by atoms with Gasteiger partial charge in [0.1, 0.15) is 11.5 Å². The van der Waals surface area contributed by atoms with Gasteiger partial charge >= 0.3 is 0 Å². The molecule has 4 heteroatoms. The van der Waals surface area contributed by atoms with E-state index in [1.54, 1.807) is 6.07 Å². The number of ether oxygens (including phenoxy) is 2. The van der Waals surface area contributed by atoms with Crippen LogP contribution in [0.4, 0.5) is 5.69 Å². The van der Waals surface area contributed by atoms with Crippen LogP contribution in [0.15, 0.2) is 48.5 Å². The lowest BCUT2D eigenvalue weighted by Gasteiger charge is -2.10. The Morgan fingerprint density at radius 2 is 1.77 bits per heavy atom. The van der Waals surface area contributed by atoms with Crippen LogP contribution in [0.2, 0.25) is 0 Å². The highest BCUT2D eigenvalue weighted by Crippen LogP contribution is 2.18. The Morgan fingerprint density at radius 1 is 1.05 bits per heavy atom. The zero-order valence-corrected chi connectivity index (χ0v) is 13.0. The summed E-state index contributed by atoms with van der Waals surface area (Å²) in [5.74, 6) is 1.24. The molecule has 0 heterocycles. The van der Waals surface area contributed by atoms with Crippen molar-refractivity contribution in [2.24, 2.45) is 0 Å². The van der Waals surface area contributed by atoms with Gasteiger partial charge in [0.05, 0.1) is 6.61 Å². The minimum atomic E-state index is -0.200. The molecule has 0 saturated carbocycles. The van der Waals surface area contributed by atoms with Crippen molar-refractivity contribution in [3.05, 3.63) is 54.1 Å². The van der Waals surface area contributed by atoms with Crippen molar-refractivity contribution >= 4 is 11.6 Å². The molecule has 2 aromatic carbocycles. The average molecular weight is 299 g/mol. The third-order valence-corrected chi connectivity index (χ3v) is 2.95. The Morgan fingerprint density at radius 3 is 2.50 bits per heavy atom. The molecule has 4 nitrogen and oxygen atoms in total. The number of carbonyl (C=O) groups excluding carboxylic acids is 1. The maximum atomic E-state index is 11.9. The van der Waals surface area contributed by atoms with E-state index in [-0.39, 0.29) is 12.5 Å². The van der Waals surface area contributed by atoms with Crippen LogP contribution in [0.1, 0.15) is 18.9 Å². The van der Waals surface area contributed by atoms with E-state index in [1.807, 2.05) is 56.3 Å². The van der Waals surface area contributed by atoms with Gasteiger partial charge in [-0.2, -0.15) is 0 Å². The number of hydrogen-bond acceptors (Lipinski definition) is 3. The summed E-state index contributed by atoms with van der Waals surface area (Å²) >= 11 is 0. The minimum Gasteiger partial charge on any atom is -0.494 e. The number of rotatable bonds is 7. The molecular formula is C18H21NO3. The van der Waals surface area contributed by atoms with E-state index in [1.165, 1.54) is 0 Å². The van der Waals surface area contributed by atoms with Gasteiger partial charge in [-0.05, 0) is 43.2 Å². The molecule has 1 amide bonds. The van der Waals surface area contributed by atoms with Gasteiger partial charge in [0.25, 0.3) is 5.91 Å². The van der Waals surface area contributed by atoms with Crippen LogP contribution in [0.25, 0.3) is 0 Å². The molecule has 0 aliphatic rings. The number of amides is 1. The van der Waals surface area contributed by atoms with Crippen molar-refractivity contribution in [2.45, 2.75) is 20.3 Å². The van der Waals surface area contributed by atoms with Crippen LogP contribution in [0.5, 0.6) is 11.5 Å². The molecule has 1 N–H and O–H groups in total. The summed E-state index contributed by atoms with van der Waals surface area (Å²) < 4.78 is 11.0. The molecule has 116 valence electrons. The first kappa shape index (κ1) is 15.9. The van der Waals surface area contributed by atoms with E-state index in [4.69, 9.17) is 9.47 Å². The van der Waals surface area contributed by atoms with Gasteiger partial charge in [0.15, 0.2) is 6.61 Å². The number of aryl methyl sites for hydroxylation is 1. The van der Waals surface area contributed by atoms with Gasteiger partial charge in [-0.15, -0.1) is 0 Å². The van der Waals surface area contributed by atoms with E-state index in [0.29, 0.717) is 18.0 Å². The van der Waals surface area contributed by atoms with Crippen LogP contribution in [0, 0.1) is 6.92 Å². The quantitative estimate of drug-likeness (QED) is 0.846. The third-order valence-electron chi connectivity index (χ3n) is 2.95. The largest absolute Gasteiger partial charge is 0.494 e. The van der Waals surface area contributed by atoms with E-state index in [9.17, 15) is 4.79 Å².